The number of rotatable bonds is 5. The molecule has 0 radical (unpaired) electrons. The highest BCUT2D eigenvalue weighted by molar-refractivity contribution is 5.75. The molecular formula is C21H25NO5. The van der Waals surface area contributed by atoms with E-state index in [0.29, 0.717) is 23.8 Å². The molecule has 1 amide bonds. The molecule has 1 aliphatic heterocycles. The lowest BCUT2D eigenvalue weighted by Gasteiger charge is -2.37. The van der Waals surface area contributed by atoms with Gasteiger partial charge in [0.2, 0.25) is 11.7 Å². The summed E-state index contributed by atoms with van der Waals surface area (Å²) in [5, 5.41) is 0. The zero-order valence-corrected chi connectivity index (χ0v) is 16.4. The van der Waals surface area contributed by atoms with Gasteiger partial charge >= 0.3 is 0 Å². The van der Waals surface area contributed by atoms with E-state index < -0.39 is 0 Å². The van der Waals surface area contributed by atoms with Crippen molar-refractivity contribution in [3.63, 3.8) is 0 Å². The minimum atomic E-state index is -0.231. The van der Waals surface area contributed by atoms with Crippen molar-refractivity contribution >= 4 is 5.91 Å². The summed E-state index contributed by atoms with van der Waals surface area (Å²) in [7, 11) is 6.40. The van der Waals surface area contributed by atoms with Gasteiger partial charge in [-0.15, -0.1) is 0 Å². The fraction of sp³-hybridized carbons (Fsp3) is 0.381. The fourth-order valence-corrected chi connectivity index (χ4v) is 3.69. The van der Waals surface area contributed by atoms with Gasteiger partial charge in [0.1, 0.15) is 5.75 Å². The summed E-state index contributed by atoms with van der Waals surface area (Å²) in [6.45, 7) is 2.23. The van der Waals surface area contributed by atoms with E-state index in [1.807, 2.05) is 35.2 Å². The Morgan fingerprint density at radius 1 is 0.963 bits per heavy atom. The number of methoxy groups -OCH3 is 4. The van der Waals surface area contributed by atoms with Gasteiger partial charge in [-0.25, -0.2) is 0 Å². The molecule has 0 spiro atoms. The standard InChI is InChI=1S/C21H25NO5/c1-13(23)22-9-8-14-10-16(24-2)6-7-17(14)20(22)15-11-18(25-3)21(27-5)19(12-15)26-4/h6-7,10-12,20H,8-9H2,1-5H3. The molecule has 6 nitrogen and oxygen atoms in total. The highest BCUT2D eigenvalue weighted by Gasteiger charge is 2.32. The second-order valence-electron chi connectivity index (χ2n) is 6.39. The van der Waals surface area contributed by atoms with Crippen molar-refractivity contribution in [2.24, 2.45) is 0 Å². The van der Waals surface area contributed by atoms with E-state index in [0.717, 1.165) is 23.3 Å². The van der Waals surface area contributed by atoms with E-state index in [2.05, 4.69) is 0 Å². The summed E-state index contributed by atoms with van der Waals surface area (Å²) >= 11 is 0. The van der Waals surface area contributed by atoms with E-state index in [4.69, 9.17) is 18.9 Å². The number of amides is 1. The monoisotopic (exact) mass is 371 g/mol. The van der Waals surface area contributed by atoms with Crippen molar-refractivity contribution in [2.75, 3.05) is 35.0 Å². The number of benzene rings is 2. The first-order valence-corrected chi connectivity index (χ1v) is 8.78. The largest absolute Gasteiger partial charge is 0.497 e. The molecule has 0 saturated heterocycles. The quantitative estimate of drug-likeness (QED) is 0.808. The van der Waals surface area contributed by atoms with Gasteiger partial charge in [0.15, 0.2) is 11.5 Å². The van der Waals surface area contributed by atoms with Crippen LogP contribution in [0.2, 0.25) is 0 Å². The van der Waals surface area contributed by atoms with Crippen LogP contribution in [-0.4, -0.2) is 45.8 Å². The van der Waals surface area contributed by atoms with Crippen molar-refractivity contribution in [1.29, 1.82) is 0 Å². The molecule has 27 heavy (non-hydrogen) atoms. The lowest BCUT2D eigenvalue weighted by molar-refractivity contribution is -0.130. The third-order valence-corrected chi connectivity index (χ3v) is 4.99. The van der Waals surface area contributed by atoms with Crippen LogP contribution < -0.4 is 18.9 Å². The number of carbonyl (C=O) groups excluding carboxylic acids is 1. The van der Waals surface area contributed by atoms with E-state index in [1.54, 1.807) is 35.4 Å². The van der Waals surface area contributed by atoms with Crippen molar-refractivity contribution in [1.82, 2.24) is 4.90 Å². The Kier molecular flexibility index (Phi) is 5.44. The average molecular weight is 371 g/mol. The minimum Gasteiger partial charge on any atom is -0.497 e. The molecule has 2 aromatic rings. The molecule has 0 N–H and O–H groups in total. The topological polar surface area (TPSA) is 57.2 Å². The highest BCUT2D eigenvalue weighted by atomic mass is 16.5. The number of nitrogens with zero attached hydrogens (tertiary/aromatic N) is 1. The van der Waals surface area contributed by atoms with Gasteiger partial charge < -0.3 is 23.8 Å². The van der Waals surface area contributed by atoms with Crippen molar-refractivity contribution in [2.45, 2.75) is 19.4 Å². The second kappa shape index (κ2) is 7.78. The molecule has 1 heterocycles. The number of fused-ring (bicyclic) bond motifs is 1. The van der Waals surface area contributed by atoms with Crippen LogP contribution in [-0.2, 0) is 11.2 Å². The molecule has 1 atom stereocenters. The van der Waals surface area contributed by atoms with Crippen LogP contribution in [0.3, 0.4) is 0 Å². The lowest BCUT2D eigenvalue weighted by Crippen LogP contribution is -2.39. The Morgan fingerprint density at radius 2 is 1.63 bits per heavy atom. The predicted molar refractivity (Wildman–Crippen MR) is 102 cm³/mol. The molecule has 1 aliphatic rings. The average Bonchev–Trinajstić information content (AvgIpc) is 2.70. The van der Waals surface area contributed by atoms with E-state index in [-0.39, 0.29) is 11.9 Å². The van der Waals surface area contributed by atoms with Crippen LogP contribution in [0, 0.1) is 0 Å². The van der Waals surface area contributed by atoms with Crippen LogP contribution in [0.15, 0.2) is 30.3 Å². The van der Waals surface area contributed by atoms with Crippen molar-refractivity contribution in [3.8, 4) is 23.0 Å². The Balaban J connectivity index is 2.19. The third kappa shape index (κ3) is 3.39. The van der Waals surface area contributed by atoms with Crippen LogP contribution in [0.5, 0.6) is 23.0 Å². The maximum absolute atomic E-state index is 12.4. The van der Waals surface area contributed by atoms with Crippen LogP contribution in [0.4, 0.5) is 0 Å². The number of carbonyl (C=O) groups is 1. The Hall–Kier alpha value is -2.89. The molecule has 6 heteroatoms. The van der Waals surface area contributed by atoms with E-state index in [9.17, 15) is 4.79 Å². The SMILES string of the molecule is COc1ccc2c(c1)CCN(C(C)=O)C2c1cc(OC)c(OC)c(OC)c1. The van der Waals surface area contributed by atoms with Crippen LogP contribution >= 0.6 is 0 Å². The summed E-state index contributed by atoms with van der Waals surface area (Å²) in [4.78, 5) is 14.2. The van der Waals surface area contributed by atoms with Gasteiger partial charge in [0.05, 0.1) is 34.5 Å². The van der Waals surface area contributed by atoms with Crippen LogP contribution in [0.25, 0.3) is 0 Å². The smallest absolute Gasteiger partial charge is 0.220 e. The summed E-state index contributed by atoms with van der Waals surface area (Å²) in [6.07, 6.45) is 0.785. The first kappa shape index (κ1) is 18.9. The summed E-state index contributed by atoms with van der Waals surface area (Å²) < 4.78 is 21.8. The minimum absolute atomic E-state index is 0.0234. The molecule has 1 unspecified atom stereocenters. The van der Waals surface area contributed by atoms with Gasteiger partial charge in [0.25, 0.3) is 0 Å². The van der Waals surface area contributed by atoms with Crippen molar-refractivity contribution in [3.05, 3.63) is 47.0 Å². The van der Waals surface area contributed by atoms with Gasteiger partial charge in [-0.05, 0) is 47.4 Å². The normalized spacial score (nSPS) is 15.7. The highest BCUT2D eigenvalue weighted by Crippen LogP contribution is 2.44. The number of hydrogen-bond acceptors (Lipinski definition) is 5. The molecule has 144 valence electrons. The van der Waals surface area contributed by atoms with Gasteiger partial charge in [-0.3, -0.25) is 4.79 Å². The molecular weight excluding hydrogens is 346 g/mol. The van der Waals surface area contributed by atoms with Crippen molar-refractivity contribution < 1.29 is 23.7 Å². The van der Waals surface area contributed by atoms with E-state index >= 15 is 0 Å². The molecule has 0 aliphatic carbocycles. The Morgan fingerprint density at radius 3 is 2.15 bits per heavy atom. The molecule has 2 aromatic carbocycles. The molecule has 0 aromatic heterocycles. The maximum Gasteiger partial charge on any atom is 0.220 e. The zero-order chi connectivity index (χ0) is 19.6. The first-order valence-electron chi connectivity index (χ1n) is 8.78. The Bertz CT molecular complexity index is 823. The fourth-order valence-electron chi connectivity index (χ4n) is 3.69. The molecule has 3 rings (SSSR count). The molecule has 0 saturated carbocycles. The zero-order valence-electron chi connectivity index (χ0n) is 16.4. The summed E-state index contributed by atoms with van der Waals surface area (Å²) in [5.41, 5.74) is 3.16. The van der Waals surface area contributed by atoms with Gasteiger partial charge in [-0.1, -0.05) is 6.07 Å². The first-order chi connectivity index (χ1) is 13.0. The number of ether oxygens (including phenoxy) is 4. The predicted octanol–water partition coefficient (Wildman–Crippen LogP) is 3.22. The van der Waals surface area contributed by atoms with Gasteiger partial charge in [-0.2, -0.15) is 0 Å². The molecule has 0 fully saturated rings. The lowest BCUT2D eigenvalue weighted by atomic mass is 9.87. The van der Waals surface area contributed by atoms with E-state index in [1.165, 1.54) is 5.56 Å². The third-order valence-electron chi connectivity index (χ3n) is 4.99. The second-order valence-corrected chi connectivity index (χ2v) is 6.39. The summed E-state index contributed by atoms with van der Waals surface area (Å²) in [5.74, 6) is 2.50. The summed E-state index contributed by atoms with van der Waals surface area (Å²) in [6, 6.07) is 9.57. The van der Waals surface area contributed by atoms with Gasteiger partial charge in [0, 0.05) is 13.5 Å². The van der Waals surface area contributed by atoms with Crippen LogP contribution in [0.1, 0.15) is 29.7 Å². The number of hydrogen-bond donors (Lipinski definition) is 0. The Labute approximate surface area is 159 Å². The maximum atomic E-state index is 12.4. The molecule has 0 bridgehead atoms.